The van der Waals surface area contributed by atoms with Gasteiger partial charge in [-0.2, -0.15) is 0 Å². The predicted octanol–water partition coefficient (Wildman–Crippen LogP) is 7.29. The van der Waals surface area contributed by atoms with E-state index in [1.54, 1.807) is 0 Å². The van der Waals surface area contributed by atoms with Gasteiger partial charge >= 0.3 is 0 Å². The third-order valence-electron chi connectivity index (χ3n) is 6.60. The first-order chi connectivity index (χ1) is 15.8. The van der Waals surface area contributed by atoms with Crippen molar-refractivity contribution in [1.82, 2.24) is 4.57 Å². The predicted molar refractivity (Wildman–Crippen MR) is 132 cm³/mol. The fraction of sp³-hybridized carbons (Fsp3) is 0.233. The highest BCUT2D eigenvalue weighted by Gasteiger charge is 2.29. The molecule has 160 valence electrons. The van der Waals surface area contributed by atoms with Crippen molar-refractivity contribution in [3.63, 3.8) is 0 Å². The fourth-order valence-electron chi connectivity index (χ4n) is 5.01. The lowest BCUT2D eigenvalue weighted by atomic mass is 9.92. The normalized spacial score (nSPS) is 16.2. The minimum absolute atomic E-state index is 0.0631. The number of hydrogen-bond donors (Lipinski definition) is 0. The van der Waals surface area contributed by atoms with Gasteiger partial charge in [0.15, 0.2) is 5.78 Å². The van der Waals surface area contributed by atoms with E-state index in [-0.39, 0.29) is 6.04 Å². The van der Waals surface area contributed by atoms with Crippen LogP contribution in [0.25, 0.3) is 22.4 Å². The van der Waals surface area contributed by atoms with Crippen molar-refractivity contribution in [3.8, 4) is 22.4 Å². The molecule has 4 aromatic rings. The van der Waals surface area contributed by atoms with Gasteiger partial charge in [-0.3, -0.25) is 4.79 Å². The number of carbonyl (C=O) groups is 1. The monoisotopic (exact) mass is 419 g/mol. The van der Waals surface area contributed by atoms with Crippen LogP contribution >= 0.6 is 0 Å². The number of Topliss-reactive ketones (excluding diaryl/α,β-unsaturated/α-hetero) is 1. The summed E-state index contributed by atoms with van der Waals surface area (Å²) in [6.45, 7) is 0. The van der Waals surface area contributed by atoms with Gasteiger partial charge in [-0.1, -0.05) is 97.4 Å². The van der Waals surface area contributed by atoms with Crippen molar-refractivity contribution in [1.29, 1.82) is 0 Å². The molecule has 0 aliphatic heterocycles. The van der Waals surface area contributed by atoms with Crippen LogP contribution in [0.5, 0.6) is 0 Å². The molecule has 1 fully saturated rings. The zero-order valence-corrected chi connectivity index (χ0v) is 18.4. The molecule has 2 nitrogen and oxygen atoms in total. The van der Waals surface area contributed by atoms with Gasteiger partial charge in [0, 0.05) is 18.2 Å². The molecular formula is C30H29NO. The van der Waals surface area contributed by atoms with Crippen LogP contribution < -0.4 is 0 Å². The standard InChI is InChI=1S/C30H29NO/c32-28-19-11-10-18-27(28)31-22-26(21-20-23-12-4-1-5-13-23)29(24-14-6-2-7-15-24)30(31)25-16-8-3-9-17-25/h1-9,12-17,22,27H,10-11,18-21H2. The molecule has 0 amide bonds. The van der Waals surface area contributed by atoms with Crippen LogP contribution in [-0.4, -0.2) is 10.4 Å². The SMILES string of the molecule is O=C1CCCCC1n1cc(CCc2ccccc2)c(-c2ccccc2)c1-c1ccccc1. The molecular weight excluding hydrogens is 390 g/mol. The summed E-state index contributed by atoms with van der Waals surface area (Å²) in [6, 6.07) is 31.9. The number of aromatic nitrogens is 1. The highest BCUT2D eigenvalue weighted by atomic mass is 16.1. The van der Waals surface area contributed by atoms with E-state index in [4.69, 9.17) is 0 Å². The van der Waals surface area contributed by atoms with Crippen molar-refractivity contribution in [3.05, 3.63) is 108 Å². The number of benzene rings is 3. The molecule has 2 heteroatoms. The lowest BCUT2D eigenvalue weighted by Gasteiger charge is -2.25. The number of ketones is 1. The molecule has 32 heavy (non-hydrogen) atoms. The Labute approximate surface area is 190 Å². The van der Waals surface area contributed by atoms with Crippen molar-refractivity contribution >= 4 is 5.78 Å². The molecule has 0 spiro atoms. The molecule has 1 unspecified atom stereocenters. The molecule has 0 saturated heterocycles. The Balaban J connectivity index is 1.67. The maximum absolute atomic E-state index is 13.0. The molecule has 5 rings (SSSR count). The Morgan fingerprint density at radius 1 is 0.719 bits per heavy atom. The third-order valence-corrected chi connectivity index (χ3v) is 6.60. The summed E-state index contributed by atoms with van der Waals surface area (Å²) >= 11 is 0. The lowest BCUT2D eigenvalue weighted by Crippen LogP contribution is -2.23. The number of carbonyl (C=O) groups excluding carboxylic acids is 1. The highest BCUT2D eigenvalue weighted by Crippen LogP contribution is 2.41. The van der Waals surface area contributed by atoms with E-state index in [1.807, 2.05) is 0 Å². The summed E-state index contributed by atoms with van der Waals surface area (Å²) in [6.07, 6.45) is 7.96. The Hall–Kier alpha value is -3.39. The van der Waals surface area contributed by atoms with Crippen molar-refractivity contribution in [2.45, 2.75) is 44.6 Å². The number of hydrogen-bond acceptors (Lipinski definition) is 1. The molecule has 1 aromatic heterocycles. The fourth-order valence-corrected chi connectivity index (χ4v) is 5.01. The van der Waals surface area contributed by atoms with Crippen LogP contribution in [-0.2, 0) is 17.6 Å². The summed E-state index contributed by atoms with van der Waals surface area (Å²) in [5.41, 5.74) is 7.50. The average Bonchev–Trinajstić information content (AvgIpc) is 3.24. The molecule has 1 saturated carbocycles. The Morgan fingerprint density at radius 3 is 2.00 bits per heavy atom. The van der Waals surface area contributed by atoms with E-state index in [0.29, 0.717) is 12.2 Å². The molecule has 0 N–H and O–H groups in total. The van der Waals surface area contributed by atoms with E-state index >= 15 is 0 Å². The summed E-state index contributed by atoms with van der Waals surface area (Å²) in [4.78, 5) is 13.0. The third kappa shape index (κ3) is 4.18. The topological polar surface area (TPSA) is 22.0 Å². The highest BCUT2D eigenvalue weighted by molar-refractivity contribution is 5.88. The first-order valence-electron chi connectivity index (χ1n) is 11.7. The summed E-state index contributed by atoms with van der Waals surface area (Å²) in [5.74, 6) is 0.373. The van der Waals surface area contributed by atoms with Crippen LogP contribution in [0.2, 0.25) is 0 Å². The first kappa shape index (κ1) is 20.5. The van der Waals surface area contributed by atoms with E-state index < -0.39 is 0 Å². The van der Waals surface area contributed by atoms with Crippen LogP contribution in [0.1, 0.15) is 42.9 Å². The Bertz CT molecular complexity index is 1180. The maximum atomic E-state index is 13.0. The van der Waals surface area contributed by atoms with Gasteiger partial charge < -0.3 is 4.57 Å². The van der Waals surface area contributed by atoms with Crippen LogP contribution in [0.4, 0.5) is 0 Å². The van der Waals surface area contributed by atoms with Crippen molar-refractivity contribution in [2.24, 2.45) is 0 Å². The molecule has 3 aromatic carbocycles. The van der Waals surface area contributed by atoms with Gasteiger partial charge in [-0.25, -0.2) is 0 Å². The Morgan fingerprint density at radius 2 is 1.34 bits per heavy atom. The van der Waals surface area contributed by atoms with Crippen molar-refractivity contribution < 1.29 is 4.79 Å². The molecule has 1 aliphatic carbocycles. The quantitative estimate of drug-likeness (QED) is 0.321. The van der Waals surface area contributed by atoms with Gasteiger partial charge in [0.2, 0.25) is 0 Å². The van der Waals surface area contributed by atoms with Crippen LogP contribution in [0.3, 0.4) is 0 Å². The average molecular weight is 420 g/mol. The van der Waals surface area contributed by atoms with E-state index in [1.165, 1.54) is 33.5 Å². The number of rotatable bonds is 6. The number of nitrogens with zero attached hydrogens (tertiary/aromatic N) is 1. The Kier molecular flexibility index (Phi) is 6.02. The zero-order chi connectivity index (χ0) is 21.8. The van der Waals surface area contributed by atoms with E-state index in [2.05, 4.69) is 102 Å². The molecule has 1 aliphatic rings. The van der Waals surface area contributed by atoms with Gasteiger partial charge in [0.1, 0.15) is 0 Å². The van der Waals surface area contributed by atoms with Crippen LogP contribution in [0, 0.1) is 0 Å². The maximum Gasteiger partial charge on any atom is 0.155 e. The van der Waals surface area contributed by atoms with E-state index in [0.717, 1.165) is 32.1 Å². The van der Waals surface area contributed by atoms with Crippen LogP contribution in [0.15, 0.2) is 97.2 Å². The first-order valence-corrected chi connectivity index (χ1v) is 11.7. The second-order valence-corrected chi connectivity index (χ2v) is 8.73. The minimum Gasteiger partial charge on any atom is -0.336 e. The molecule has 1 atom stereocenters. The van der Waals surface area contributed by atoms with E-state index in [9.17, 15) is 4.79 Å². The summed E-state index contributed by atoms with van der Waals surface area (Å²) < 4.78 is 2.31. The van der Waals surface area contributed by atoms with Crippen molar-refractivity contribution in [2.75, 3.05) is 0 Å². The van der Waals surface area contributed by atoms with Gasteiger partial charge in [0.05, 0.1) is 11.7 Å². The summed E-state index contributed by atoms with van der Waals surface area (Å²) in [7, 11) is 0. The smallest absolute Gasteiger partial charge is 0.155 e. The van der Waals surface area contributed by atoms with Gasteiger partial charge in [-0.15, -0.1) is 0 Å². The molecule has 0 radical (unpaired) electrons. The second-order valence-electron chi connectivity index (χ2n) is 8.73. The second kappa shape index (κ2) is 9.40. The summed E-state index contributed by atoms with van der Waals surface area (Å²) in [5, 5.41) is 0. The number of aryl methyl sites for hydroxylation is 2. The molecule has 0 bridgehead atoms. The largest absolute Gasteiger partial charge is 0.336 e. The zero-order valence-electron chi connectivity index (χ0n) is 18.4. The lowest BCUT2D eigenvalue weighted by molar-refractivity contribution is -0.123. The van der Waals surface area contributed by atoms with Gasteiger partial charge in [-0.05, 0) is 47.9 Å². The molecule has 1 heterocycles. The van der Waals surface area contributed by atoms with Gasteiger partial charge in [0.25, 0.3) is 0 Å². The minimum atomic E-state index is -0.0631.